The number of benzene rings is 1. The summed E-state index contributed by atoms with van der Waals surface area (Å²) in [6.07, 6.45) is 7.76. The summed E-state index contributed by atoms with van der Waals surface area (Å²) < 4.78 is 5.55. The molecule has 5 nitrogen and oxygen atoms in total. The van der Waals surface area contributed by atoms with Crippen LogP contribution in [-0.4, -0.2) is 62.8 Å². The molecular formula is C26H35N3O2S. The van der Waals surface area contributed by atoms with Crippen molar-refractivity contribution < 1.29 is 9.53 Å². The minimum absolute atomic E-state index is 0.0842. The van der Waals surface area contributed by atoms with Gasteiger partial charge in [-0.15, -0.1) is 11.3 Å². The van der Waals surface area contributed by atoms with Gasteiger partial charge in [0.05, 0.1) is 23.1 Å². The highest BCUT2D eigenvalue weighted by Crippen LogP contribution is 2.39. The third kappa shape index (κ3) is 5.19. The second-order valence-corrected chi connectivity index (χ2v) is 10.5. The lowest BCUT2D eigenvalue weighted by Crippen LogP contribution is -2.45. The van der Waals surface area contributed by atoms with Crippen LogP contribution < -0.4 is 10.2 Å². The van der Waals surface area contributed by atoms with Gasteiger partial charge in [0.25, 0.3) is 5.91 Å². The zero-order valence-electron chi connectivity index (χ0n) is 18.9. The lowest BCUT2D eigenvalue weighted by Gasteiger charge is -2.33. The predicted molar refractivity (Wildman–Crippen MR) is 132 cm³/mol. The van der Waals surface area contributed by atoms with Crippen LogP contribution in [0.4, 0.5) is 5.00 Å². The number of thiophene rings is 1. The quantitative estimate of drug-likeness (QED) is 0.692. The van der Waals surface area contributed by atoms with Gasteiger partial charge in [0.1, 0.15) is 0 Å². The molecule has 172 valence electrons. The Morgan fingerprint density at radius 1 is 1.00 bits per heavy atom. The Balaban J connectivity index is 1.24. The van der Waals surface area contributed by atoms with Crippen molar-refractivity contribution in [3.63, 3.8) is 0 Å². The third-order valence-electron chi connectivity index (χ3n) is 7.23. The van der Waals surface area contributed by atoms with Crippen molar-refractivity contribution in [1.82, 2.24) is 10.2 Å². The molecule has 3 aliphatic rings. The predicted octanol–water partition coefficient (Wildman–Crippen LogP) is 4.64. The van der Waals surface area contributed by atoms with Crippen LogP contribution >= 0.6 is 11.3 Å². The lowest BCUT2D eigenvalue weighted by molar-refractivity contribution is 0.0910. The molecule has 0 bridgehead atoms. The van der Waals surface area contributed by atoms with E-state index in [1.165, 1.54) is 42.8 Å². The van der Waals surface area contributed by atoms with Crippen LogP contribution in [0.15, 0.2) is 36.4 Å². The number of piperidine rings is 1. The average Bonchev–Trinajstić information content (AvgIpc) is 3.52. The van der Waals surface area contributed by atoms with Crippen molar-refractivity contribution >= 4 is 22.2 Å². The summed E-state index contributed by atoms with van der Waals surface area (Å²) in [5, 5.41) is 4.54. The number of hydrogen-bond acceptors (Lipinski definition) is 5. The summed E-state index contributed by atoms with van der Waals surface area (Å²) in [5.41, 5.74) is 2.33. The number of carbonyl (C=O) groups is 1. The van der Waals surface area contributed by atoms with Crippen molar-refractivity contribution in [2.24, 2.45) is 5.92 Å². The highest BCUT2D eigenvalue weighted by Gasteiger charge is 2.26. The topological polar surface area (TPSA) is 44.8 Å². The molecule has 1 aliphatic carbocycles. The molecule has 1 N–H and O–H groups in total. The van der Waals surface area contributed by atoms with Crippen LogP contribution in [0, 0.1) is 5.92 Å². The maximum atomic E-state index is 13.2. The van der Waals surface area contributed by atoms with Crippen LogP contribution in [-0.2, 0) is 4.74 Å². The average molecular weight is 454 g/mol. The molecule has 0 radical (unpaired) electrons. The minimum atomic E-state index is 0.0842. The van der Waals surface area contributed by atoms with E-state index < -0.39 is 0 Å². The highest BCUT2D eigenvalue weighted by molar-refractivity contribution is 7.18. The maximum Gasteiger partial charge on any atom is 0.261 e. The number of amides is 1. The molecule has 2 saturated heterocycles. The summed E-state index contributed by atoms with van der Waals surface area (Å²) in [6.45, 7) is 6.72. The maximum absolute atomic E-state index is 13.2. The molecule has 32 heavy (non-hydrogen) atoms. The van der Waals surface area contributed by atoms with Crippen molar-refractivity contribution in [2.75, 3.05) is 50.8 Å². The second-order valence-electron chi connectivity index (χ2n) is 9.49. The fourth-order valence-corrected chi connectivity index (χ4v) is 6.53. The molecule has 3 heterocycles. The molecule has 0 spiro atoms. The fourth-order valence-electron chi connectivity index (χ4n) is 5.39. The van der Waals surface area contributed by atoms with E-state index in [-0.39, 0.29) is 11.9 Å². The van der Waals surface area contributed by atoms with Gasteiger partial charge in [-0.05, 0) is 43.2 Å². The van der Waals surface area contributed by atoms with Crippen LogP contribution in [0.2, 0.25) is 0 Å². The van der Waals surface area contributed by atoms with Crippen LogP contribution in [0.3, 0.4) is 0 Å². The van der Waals surface area contributed by atoms with Gasteiger partial charge < -0.3 is 19.9 Å². The summed E-state index contributed by atoms with van der Waals surface area (Å²) in [7, 11) is 0. The molecule has 1 amide bonds. The van der Waals surface area contributed by atoms with E-state index in [0.717, 1.165) is 68.6 Å². The number of hydrogen-bond donors (Lipinski definition) is 1. The van der Waals surface area contributed by atoms with E-state index in [9.17, 15) is 4.79 Å². The Morgan fingerprint density at radius 2 is 1.72 bits per heavy atom. The van der Waals surface area contributed by atoms with E-state index in [0.29, 0.717) is 0 Å². The number of rotatable bonds is 6. The van der Waals surface area contributed by atoms with Crippen LogP contribution in [0.1, 0.15) is 48.2 Å². The molecule has 0 atom stereocenters. The largest absolute Gasteiger partial charge is 0.378 e. The number of likely N-dealkylation sites (tertiary alicyclic amines) is 1. The smallest absolute Gasteiger partial charge is 0.261 e. The zero-order valence-corrected chi connectivity index (χ0v) is 19.7. The fraction of sp³-hybridized carbons (Fsp3) is 0.577. The minimum Gasteiger partial charge on any atom is -0.378 e. The van der Waals surface area contributed by atoms with Gasteiger partial charge in [0.15, 0.2) is 0 Å². The standard InChI is InChI=1S/C26H35N3O2S/c30-25(27-22-10-12-28(13-11-22)19-20-6-4-5-7-20)24-18-23(21-8-2-1-3-9-21)26(32-24)29-14-16-31-17-15-29/h1-3,8-9,18,20,22H,4-7,10-17,19H2,(H,27,30). The summed E-state index contributed by atoms with van der Waals surface area (Å²) in [5.74, 6) is 0.989. The normalized spacial score (nSPS) is 21.2. The van der Waals surface area contributed by atoms with E-state index in [1.54, 1.807) is 11.3 Å². The van der Waals surface area contributed by atoms with Crippen molar-refractivity contribution in [2.45, 2.75) is 44.6 Å². The van der Waals surface area contributed by atoms with Gasteiger partial charge in [-0.2, -0.15) is 0 Å². The Labute approximate surface area is 195 Å². The van der Waals surface area contributed by atoms with E-state index in [2.05, 4.69) is 45.4 Å². The first-order chi connectivity index (χ1) is 15.8. The first kappa shape index (κ1) is 21.9. The Kier molecular flexibility index (Phi) is 7.10. The Bertz CT molecular complexity index is 880. The molecule has 1 saturated carbocycles. The molecular weight excluding hydrogens is 418 g/mol. The highest BCUT2D eigenvalue weighted by atomic mass is 32.1. The SMILES string of the molecule is O=C(NC1CCN(CC2CCCC2)CC1)c1cc(-c2ccccc2)c(N2CCOCC2)s1. The molecule has 1 aromatic carbocycles. The molecule has 2 aromatic rings. The van der Waals surface area contributed by atoms with Gasteiger partial charge in [-0.25, -0.2) is 0 Å². The second kappa shape index (κ2) is 10.4. The monoisotopic (exact) mass is 453 g/mol. The van der Waals surface area contributed by atoms with Crippen molar-refractivity contribution in [3.8, 4) is 11.1 Å². The van der Waals surface area contributed by atoms with Gasteiger partial charge >= 0.3 is 0 Å². The van der Waals surface area contributed by atoms with Crippen molar-refractivity contribution in [3.05, 3.63) is 41.3 Å². The Morgan fingerprint density at radius 3 is 2.44 bits per heavy atom. The zero-order chi connectivity index (χ0) is 21.8. The first-order valence-electron chi connectivity index (χ1n) is 12.3. The number of morpholine rings is 1. The van der Waals surface area contributed by atoms with E-state index >= 15 is 0 Å². The first-order valence-corrected chi connectivity index (χ1v) is 13.1. The van der Waals surface area contributed by atoms with E-state index in [1.807, 2.05) is 6.07 Å². The van der Waals surface area contributed by atoms with Crippen LogP contribution in [0.5, 0.6) is 0 Å². The van der Waals surface area contributed by atoms with Gasteiger partial charge in [-0.1, -0.05) is 43.2 Å². The number of carbonyl (C=O) groups excluding carboxylic acids is 1. The number of nitrogens with one attached hydrogen (secondary N) is 1. The van der Waals surface area contributed by atoms with Gasteiger partial charge in [0, 0.05) is 44.3 Å². The lowest BCUT2D eigenvalue weighted by atomic mass is 10.0. The molecule has 6 heteroatoms. The Hall–Kier alpha value is -1.89. The molecule has 2 aliphatic heterocycles. The van der Waals surface area contributed by atoms with Gasteiger partial charge in [-0.3, -0.25) is 4.79 Å². The summed E-state index contributed by atoms with van der Waals surface area (Å²) in [4.78, 5) is 19.0. The molecule has 5 rings (SSSR count). The number of ether oxygens (including phenoxy) is 1. The summed E-state index contributed by atoms with van der Waals surface area (Å²) in [6, 6.07) is 12.8. The van der Waals surface area contributed by atoms with Crippen LogP contribution in [0.25, 0.3) is 11.1 Å². The molecule has 0 unspecified atom stereocenters. The van der Waals surface area contributed by atoms with Crippen molar-refractivity contribution in [1.29, 1.82) is 0 Å². The summed E-state index contributed by atoms with van der Waals surface area (Å²) >= 11 is 1.63. The molecule has 1 aromatic heterocycles. The van der Waals surface area contributed by atoms with E-state index in [4.69, 9.17) is 4.74 Å². The number of nitrogens with zero attached hydrogens (tertiary/aromatic N) is 2. The van der Waals surface area contributed by atoms with Gasteiger partial charge in [0.2, 0.25) is 0 Å². The molecule has 3 fully saturated rings. The number of anilines is 1. The third-order valence-corrected chi connectivity index (χ3v) is 8.43.